The molecule has 0 unspecified atom stereocenters. The van der Waals surface area contributed by atoms with Gasteiger partial charge in [-0.15, -0.1) is 0 Å². The number of aromatic amines is 1. The number of H-pyrrole nitrogens is 1. The lowest BCUT2D eigenvalue weighted by atomic mass is 9.76. The number of aromatic nitrogens is 1. The number of carbonyl (C=O) groups excluding carboxylic acids is 3. The van der Waals surface area contributed by atoms with E-state index < -0.39 is 23.4 Å². The summed E-state index contributed by atoms with van der Waals surface area (Å²) in [5.74, 6) is -1.51. The van der Waals surface area contributed by atoms with E-state index in [2.05, 4.69) is 15.6 Å². The van der Waals surface area contributed by atoms with Gasteiger partial charge in [0.2, 0.25) is 24.5 Å². The molecule has 2 saturated heterocycles. The smallest absolute Gasteiger partial charge is 0.250 e. The summed E-state index contributed by atoms with van der Waals surface area (Å²) in [6, 6.07) is 16.4. The number of halogens is 1. The molecule has 9 nitrogen and oxygen atoms in total. The number of likely N-dealkylation sites (tertiary alicyclic amines) is 1. The number of ether oxygens (including phenoxy) is 2. The van der Waals surface area contributed by atoms with Gasteiger partial charge in [-0.1, -0.05) is 35.9 Å². The van der Waals surface area contributed by atoms with E-state index in [1.54, 1.807) is 24.3 Å². The third-order valence-electron chi connectivity index (χ3n) is 8.97. The van der Waals surface area contributed by atoms with Crippen LogP contribution in [0.15, 0.2) is 60.8 Å². The van der Waals surface area contributed by atoms with Gasteiger partial charge in [0.15, 0.2) is 11.5 Å². The number of hydrogen-bond donors (Lipinski definition) is 3. The molecule has 3 aromatic carbocycles. The minimum atomic E-state index is -1.43. The number of hydrogen-bond acceptors (Lipinski definition) is 6. The Bertz CT molecular complexity index is 1820. The summed E-state index contributed by atoms with van der Waals surface area (Å²) in [5, 5.41) is 8.02. The molecule has 0 saturated carbocycles. The number of imide groups is 1. The molecule has 41 heavy (non-hydrogen) atoms. The quantitative estimate of drug-likeness (QED) is 0.321. The Balaban J connectivity index is 1.23. The molecule has 0 bridgehead atoms. The standard InChI is InChI=1S/C31H25ClN4O5/c1-15-8-18(32)11-20-27(15)34-30(39)31(20)26-25(22(35-31)10-17-12-33-21-5-3-2-4-19(17)21)28(37)36(29(26)38)13-16-6-7-23-24(9-16)41-14-40-23/h2-9,11-12,22,25-26,33,35H,10,13-14H2,1H3,(H,34,39)/t22-,25-,26+,31+/m1/s1. The maximum atomic E-state index is 14.3. The monoisotopic (exact) mass is 568 g/mol. The fourth-order valence-corrected chi connectivity index (χ4v) is 7.46. The van der Waals surface area contributed by atoms with Crippen LogP contribution < -0.4 is 20.1 Å². The second-order valence-electron chi connectivity index (χ2n) is 11.2. The highest BCUT2D eigenvalue weighted by Crippen LogP contribution is 2.54. The van der Waals surface area contributed by atoms with E-state index in [0.717, 1.165) is 27.6 Å². The molecular formula is C31H25ClN4O5. The van der Waals surface area contributed by atoms with Gasteiger partial charge in [0.25, 0.3) is 0 Å². The zero-order valence-corrected chi connectivity index (χ0v) is 22.7. The third-order valence-corrected chi connectivity index (χ3v) is 9.19. The molecule has 4 aliphatic heterocycles. The molecule has 1 aromatic heterocycles. The summed E-state index contributed by atoms with van der Waals surface area (Å²) in [6.45, 7) is 2.07. The molecule has 206 valence electrons. The largest absolute Gasteiger partial charge is 0.454 e. The van der Waals surface area contributed by atoms with Crippen molar-refractivity contribution in [2.75, 3.05) is 12.1 Å². The van der Waals surface area contributed by atoms with E-state index in [-0.39, 0.29) is 31.1 Å². The fourth-order valence-electron chi connectivity index (χ4n) is 7.18. The predicted molar refractivity (Wildman–Crippen MR) is 151 cm³/mol. The van der Waals surface area contributed by atoms with Crippen LogP contribution in [0.1, 0.15) is 22.3 Å². The first-order valence-corrected chi connectivity index (χ1v) is 13.9. The zero-order valence-electron chi connectivity index (χ0n) is 22.0. The maximum Gasteiger partial charge on any atom is 0.250 e. The van der Waals surface area contributed by atoms with Crippen molar-refractivity contribution in [1.82, 2.24) is 15.2 Å². The number of carbonyl (C=O) groups is 3. The fraction of sp³-hybridized carbons (Fsp3) is 0.258. The van der Waals surface area contributed by atoms with Crippen LogP contribution in [0.5, 0.6) is 11.5 Å². The van der Waals surface area contributed by atoms with Crippen LogP contribution in [0.4, 0.5) is 5.69 Å². The molecular weight excluding hydrogens is 544 g/mol. The summed E-state index contributed by atoms with van der Waals surface area (Å²) in [4.78, 5) is 47.0. The lowest BCUT2D eigenvalue weighted by molar-refractivity contribution is -0.143. The second kappa shape index (κ2) is 8.58. The van der Waals surface area contributed by atoms with E-state index in [4.69, 9.17) is 21.1 Å². The Hall–Kier alpha value is -4.34. The Morgan fingerprint density at radius 1 is 1.02 bits per heavy atom. The first-order valence-electron chi connectivity index (χ1n) is 13.5. The van der Waals surface area contributed by atoms with E-state index in [0.29, 0.717) is 34.2 Å². The maximum absolute atomic E-state index is 14.3. The Kier molecular flexibility index (Phi) is 5.12. The number of anilines is 1. The highest BCUT2D eigenvalue weighted by atomic mass is 35.5. The van der Waals surface area contributed by atoms with Gasteiger partial charge in [-0.3, -0.25) is 24.6 Å². The van der Waals surface area contributed by atoms with Crippen molar-refractivity contribution in [3.63, 3.8) is 0 Å². The number of nitrogens with one attached hydrogen (secondary N) is 3. The highest BCUT2D eigenvalue weighted by molar-refractivity contribution is 6.31. The molecule has 0 radical (unpaired) electrons. The van der Waals surface area contributed by atoms with Gasteiger partial charge >= 0.3 is 0 Å². The van der Waals surface area contributed by atoms with E-state index in [1.807, 2.05) is 43.5 Å². The number of para-hydroxylation sites is 1. The minimum Gasteiger partial charge on any atom is -0.454 e. The molecule has 4 aromatic rings. The van der Waals surface area contributed by atoms with Crippen LogP contribution in [0.3, 0.4) is 0 Å². The Labute approximate surface area is 239 Å². The first-order chi connectivity index (χ1) is 19.8. The molecule has 1 spiro atoms. The van der Waals surface area contributed by atoms with Gasteiger partial charge in [0.05, 0.1) is 18.4 Å². The van der Waals surface area contributed by atoms with Gasteiger partial charge in [-0.05, 0) is 60.4 Å². The minimum absolute atomic E-state index is 0.0697. The van der Waals surface area contributed by atoms with Crippen LogP contribution in [0, 0.1) is 18.8 Å². The van der Waals surface area contributed by atoms with Gasteiger partial charge in [0.1, 0.15) is 5.54 Å². The topological polar surface area (TPSA) is 113 Å². The molecule has 4 atom stereocenters. The normalized spacial score (nSPS) is 25.9. The molecule has 8 rings (SSSR count). The van der Waals surface area contributed by atoms with Crippen LogP contribution in [0.25, 0.3) is 10.9 Å². The number of nitrogens with zero attached hydrogens (tertiary/aromatic N) is 1. The van der Waals surface area contributed by atoms with Gasteiger partial charge in [-0.2, -0.15) is 0 Å². The van der Waals surface area contributed by atoms with Gasteiger partial charge in [-0.25, -0.2) is 0 Å². The number of rotatable bonds is 4. The van der Waals surface area contributed by atoms with Crippen molar-refractivity contribution in [1.29, 1.82) is 0 Å². The second-order valence-corrected chi connectivity index (χ2v) is 11.6. The van der Waals surface area contributed by atoms with Crippen molar-refractivity contribution in [2.24, 2.45) is 11.8 Å². The zero-order chi connectivity index (χ0) is 28.0. The summed E-state index contributed by atoms with van der Waals surface area (Å²) in [7, 11) is 0. The Morgan fingerprint density at radius 3 is 2.73 bits per heavy atom. The van der Waals surface area contributed by atoms with Crippen molar-refractivity contribution in [3.8, 4) is 11.5 Å². The first kappa shape index (κ1) is 24.5. The predicted octanol–water partition coefficient (Wildman–Crippen LogP) is 4.02. The summed E-state index contributed by atoms with van der Waals surface area (Å²) in [5.41, 5.74) is 3.33. The summed E-state index contributed by atoms with van der Waals surface area (Å²) in [6.07, 6.45) is 2.38. The van der Waals surface area contributed by atoms with E-state index in [9.17, 15) is 14.4 Å². The summed E-state index contributed by atoms with van der Waals surface area (Å²) >= 11 is 6.49. The molecule has 4 aliphatic rings. The highest BCUT2D eigenvalue weighted by Gasteiger charge is 2.70. The van der Waals surface area contributed by atoms with Crippen molar-refractivity contribution >= 4 is 45.9 Å². The van der Waals surface area contributed by atoms with Crippen LogP contribution in [0.2, 0.25) is 5.02 Å². The average molecular weight is 569 g/mol. The van der Waals surface area contributed by atoms with Crippen LogP contribution in [-0.4, -0.2) is 40.4 Å². The van der Waals surface area contributed by atoms with Gasteiger partial charge < -0.3 is 19.8 Å². The lowest BCUT2D eigenvalue weighted by Crippen LogP contribution is -2.53. The Morgan fingerprint density at radius 2 is 1.85 bits per heavy atom. The molecule has 10 heteroatoms. The van der Waals surface area contributed by atoms with Crippen LogP contribution >= 0.6 is 11.6 Å². The average Bonchev–Trinajstić information content (AvgIpc) is 3.75. The SMILES string of the molecule is Cc1cc(Cl)cc2c1NC(=O)[C@]21N[C@H](Cc2c[nH]c3ccccc23)[C@H]2C(=O)N(Cc3ccc4c(c3)OCO4)C(=O)[C@H]21. The molecule has 2 fully saturated rings. The molecule has 5 heterocycles. The number of aryl methyl sites for hydroxylation is 1. The van der Waals surface area contributed by atoms with Crippen molar-refractivity contribution in [2.45, 2.75) is 31.5 Å². The molecule has 3 N–H and O–H groups in total. The van der Waals surface area contributed by atoms with Gasteiger partial charge in [0, 0.05) is 39.4 Å². The molecule has 0 aliphatic carbocycles. The third kappa shape index (κ3) is 3.36. The van der Waals surface area contributed by atoms with Crippen molar-refractivity contribution in [3.05, 3.63) is 88.1 Å². The van der Waals surface area contributed by atoms with Crippen LogP contribution in [-0.2, 0) is 32.9 Å². The summed E-state index contributed by atoms with van der Waals surface area (Å²) < 4.78 is 10.9. The number of amides is 3. The van der Waals surface area contributed by atoms with E-state index in [1.165, 1.54) is 4.90 Å². The lowest BCUT2D eigenvalue weighted by Gasteiger charge is -2.29. The van der Waals surface area contributed by atoms with Crippen molar-refractivity contribution < 1.29 is 23.9 Å². The molecule has 3 amide bonds. The van der Waals surface area contributed by atoms with E-state index >= 15 is 0 Å². The number of benzene rings is 3. The number of fused-ring (bicyclic) bond motifs is 6.